The number of rotatable bonds is 6. The van der Waals surface area contributed by atoms with Gasteiger partial charge in [0.25, 0.3) is 5.91 Å². The highest BCUT2D eigenvalue weighted by Crippen LogP contribution is 2.31. The zero-order valence-electron chi connectivity index (χ0n) is 19.5. The molecule has 2 aliphatic rings. The van der Waals surface area contributed by atoms with Crippen LogP contribution in [0.25, 0.3) is 11.0 Å². The molecule has 5 heterocycles. The molecule has 1 amide bonds. The molecule has 1 atom stereocenters. The zero-order chi connectivity index (χ0) is 24.3. The Bertz CT molecular complexity index is 1360. The molecule has 1 N–H and O–H groups in total. The van der Waals surface area contributed by atoms with Gasteiger partial charge in [-0.2, -0.15) is 5.10 Å². The highest BCUT2D eigenvalue weighted by atomic mass is 16.6. The Morgan fingerprint density at radius 1 is 0.972 bits per heavy atom. The summed E-state index contributed by atoms with van der Waals surface area (Å²) in [5.74, 6) is 2.60. The minimum atomic E-state index is -0.692. The summed E-state index contributed by atoms with van der Waals surface area (Å²) in [6.45, 7) is 4.20. The minimum Gasteiger partial charge on any atom is -0.485 e. The van der Waals surface area contributed by atoms with Gasteiger partial charge in [0.2, 0.25) is 12.1 Å². The van der Waals surface area contributed by atoms with E-state index in [1.165, 1.54) is 0 Å². The third-order valence-corrected chi connectivity index (χ3v) is 6.25. The van der Waals surface area contributed by atoms with Crippen LogP contribution in [0.4, 0.5) is 11.8 Å². The fourth-order valence-corrected chi connectivity index (χ4v) is 4.42. The van der Waals surface area contributed by atoms with E-state index in [0.717, 1.165) is 49.0 Å². The summed E-state index contributed by atoms with van der Waals surface area (Å²) in [6, 6.07) is 9.14. The number of ether oxygens (including phenoxy) is 2. The van der Waals surface area contributed by atoms with Crippen LogP contribution < -0.4 is 24.6 Å². The molecule has 6 rings (SSSR count). The van der Waals surface area contributed by atoms with E-state index in [1.54, 1.807) is 35.7 Å². The van der Waals surface area contributed by atoms with Crippen LogP contribution in [0.15, 0.2) is 55.2 Å². The predicted octanol–water partition coefficient (Wildman–Crippen LogP) is 0.899. The average Bonchev–Trinajstić information content (AvgIpc) is 3.36. The average molecular weight is 488 g/mol. The molecule has 1 aromatic carbocycles. The quantitative estimate of drug-likeness (QED) is 0.420. The van der Waals surface area contributed by atoms with Gasteiger partial charge in [-0.15, -0.1) is 0 Å². The van der Waals surface area contributed by atoms with Crippen molar-refractivity contribution in [1.29, 1.82) is 0 Å². The number of hydrogen-bond donors (Lipinski definition) is 1. The fourth-order valence-electron chi connectivity index (χ4n) is 4.42. The molecule has 0 aliphatic carbocycles. The number of para-hydroxylation sites is 2. The summed E-state index contributed by atoms with van der Waals surface area (Å²) < 4.78 is 13.2. The molecule has 0 saturated carbocycles. The summed E-state index contributed by atoms with van der Waals surface area (Å²) in [5, 5.41) is 8.29. The van der Waals surface area contributed by atoms with Crippen LogP contribution in [0, 0.1) is 0 Å². The number of hydrogen-bond acceptors (Lipinski definition) is 10. The molecular weight excluding hydrogens is 462 g/mol. The maximum Gasteiger partial charge on any atom is 0.264 e. The number of nitrogens with one attached hydrogen (secondary N) is 1. The topological polar surface area (TPSA) is 123 Å². The largest absolute Gasteiger partial charge is 0.485 e. The monoisotopic (exact) mass is 487 g/mol. The minimum absolute atomic E-state index is 0.174. The highest BCUT2D eigenvalue weighted by molar-refractivity contribution is 5.87. The molecule has 0 unspecified atom stereocenters. The van der Waals surface area contributed by atoms with E-state index in [0.29, 0.717) is 24.6 Å². The molecule has 184 valence electrons. The van der Waals surface area contributed by atoms with Crippen molar-refractivity contribution in [3.8, 4) is 11.5 Å². The molecule has 0 radical (unpaired) electrons. The van der Waals surface area contributed by atoms with Crippen molar-refractivity contribution in [2.45, 2.75) is 12.6 Å². The zero-order valence-corrected chi connectivity index (χ0v) is 19.5. The van der Waals surface area contributed by atoms with Crippen LogP contribution >= 0.6 is 0 Å². The molecule has 36 heavy (non-hydrogen) atoms. The SMILES string of the molecule is O=C(NCCn1ncc2c(N3CCN(c4ncccn4)CC3)ncnc21)[C@@H]1COc2ccccc2O1. The molecule has 1 saturated heterocycles. The summed E-state index contributed by atoms with van der Waals surface area (Å²) in [7, 11) is 0. The lowest BCUT2D eigenvalue weighted by Gasteiger charge is -2.35. The van der Waals surface area contributed by atoms with E-state index in [9.17, 15) is 4.79 Å². The van der Waals surface area contributed by atoms with Crippen molar-refractivity contribution < 1.29 is 14.3 Å². The van der Waals surface area contributed by atoms with Gasteiger partial charge in [-0.25, -0.2) is 24.6 Å². The van der Waals surface area contributed by atoms with Crippen LogP contribution in [0.5, 0.6) is 11.5 Å². The first-order chi connectivity index (χ1) is 17.8. The van der Waals surface area contributed by atoms with Gasteiger partial charge in [-0.1, -0.05) is 12.1 Å². The lowest BCUT2D eigenvalue weighted by atomic mass is 10.2. The second-order valence-electron chi connectivity index (χ2n) is 8.48. The second-order valence-corrected chi connectivity index (χ2v) is 8.48. The van der Waals surface area contributed by atoms with Crippen molar-refractivity contribution in [2.75, 3.05) is 49.1 Å². The van der Waals surface area contributed by atoms with Gasteiger partial charge in [0.05, 0.1) is 18.1 Å². The molecule has 12 heteroatoms. The Labute approximate surface area is 206 Å². The van der Waals surface area contributed by atoms with E-state index in [-0.39, 0.29) is 12.5 Å². The number of benzene rings is 1. The van der Waals surface area contributed by atoms with Gasteiger partial charge in [-0.3, -0.25) is 4.79 Å². The summed E-state index contributed by atoms with van der Waals surface area (Å²) in [6.07, 6.45) is 6.17. The fraction of sp³-hybridized carbons (Fsp3) is 0.333. The molecule has 2 aliphatic heterocycles. The number of fused-ring (bicyclic) bond motifs is 2. The number of carbonyl (C=O) groups is 1. The summed E-state index contributed by atoms with van der Waals surface area (Å²) in [4.78, 5) is 34.7. The van der Waals surface area contributed by atoms with Gasteiger partial charge in [0.1, 0.15) is 18.8 Å². The third-order valence-electron chi connectivity index (χ3n) is 6.25. The Kier molecular flexibility index (Phi) is 5.90. The van der Waals surface area contributed by atoms with E-state index >= 15 is 0 Å². The number of anilines is 2. The first-order valence-electron chi connectivity index (χ1n) is 11.9. The Balaban J connectivity index is 1.07. The van der Waals surface area contributed by atoms with E-state index in [1.807, 2.05) is 24.3 Å². The van der Waals surface area contributed by atoms with Gasteiger partial charge in [0, 0.05) is 45.1 Å². The van der Waals surface area contributed by atoms with Crippen molar-refractivity contribution in [3.05, 3.63) is 55.2 Å². The van der Waals surface area contributed by atoms with Crippen molar-refractivity contribution in [3.63, 3.8) is 0 Å². The second kappa shape index (κ2) is 9.64. The Morgan fingerprint density at radius 3 is 2.58 bits per heavy atom. The van der Waals surface area contributed by atoms with Gasteiger partial charge in [0.15, 0.2) is 17.1 Å². The first kappa shape index (κ1) is 22.0. The van der Waals surface area contributed by atoms with Crippen LogP contribution in [0.3, 0.4) is 0 Å². The normalized spacial score (nSPS) is 17.3. The van der Waals surface area contributed by atoms with E-state index < -0.39 is 6.10 Å². The summed E-state index contributed by atoms with van der Waals surface area (Å²) in [5.41, 5.74) is 0.731. The Hall–Kier alpha value is -4.48. The molecule has 12 nitrogen and oxygen atoms in total. The van der Waals surface area contributed by atoms with Crippen molar-refractivity contribution in [2.24, 2.45) is 0 Å². The van der Waals surface area contributed by atoms with Crippen molar-refractivity contribution in [1.82, 2.24) is 35.0 Å². The van der Waals surface area contributed by atoms with Crippen LogP contribution in [-0.4, -0.2) is 81.1 Å². The number of aromatic nitrogens is 6. The maximum atomic E-state index is 12.6. The highest BCUT2D eigenvalue weighted by Gasteiger charge is 2.27. The molecule has 0 spiro atoms. The lowest BCUT2D eigenvalue weighted by Crippen LogP contribution is -2.47. The van der Waals surface area contributed by atoms with Gasteiger partial charge < -0.3 is 24.6 Å². The van der Waals surface area contributed by atoms with Crippen LogP contribution in [-0.2, 0) is 11.3 Å². The van der Waals surface area contributed by atoms with Crippen molar-refractivity contribution >= 4 is 28.7 Å². The van der Waals surface area contributed by atoms with E-state index in [2.05, 4.69) is 40.2 Å². The van der Waals surface area contributed by atoms with Gasteiger partial charge >= 0.3 is 0 Å². The standard InChI is InChI=1S/C24H25N9O3/c34-23(20-15-35-18-4-1-2-5-19(18)36-20)25-8-9-33-22-17(14-30-33)21(28-16-29-22)31-10-12-32(13-11-31)24-26-6-3-7-27-24/h1-7,14,16,20H,8-13,15H2,(H,25,34)/t20-/m0/s1. The Morgan fingerprint density at radius 2 is 1.75 bits per heavy atom. The number of amides is 1. The predicted molar refractivity (Wildman–Crippen MR) is 131 cm³/mol. The number of piperazine rings is 1. The maximum absolute atomic E-state index is 12.6. The molecule has 1 fully saturated rings. The smallest absolute Gasteiger partial charge is 0.264 e. The first-order valence-corrected chi connectivity index (χ1v) is 11.9. The van der Waals surface area contributed by atoms with Crippen LogP contribution in [0.1, 0.15) is 0 Å². The molecule has 0 bridgehead atoms. The molecular formula is C24H25N9O3. The lowest BCUT2D eigenvalue weighted by molar-refractivity contribution is -0.130. The molecule has 4 aromatic rings. The molecule has 3 aromatic heterocycles. The third kappa shape index (κ3) is 4.32. The van der Waals surface area contributed by atoms with Crippen LogP contribution in [0.2, 0.25) is 0 Å². The number of nitrogens with zero attached hydrogens (tertiary/aromatic N) is 8. The number of carbonyl (C=O) groups excluding carboxylic acids is 1. The van der Waals surface area contributed by atoms with E-state index in [4.69, 9.17) is 9.47 Å². The summed E-state index contributed by atoms with van der Waals surface area (Å²) >= 11 is 0. The van der Waals surface area contributed by atoms with Gasteiger partial charge in [-0.05, 0) is 18.2 Å².